The van der Waals surface area contributed by atoms with Gasteiger partial charge >= 0.3 is 0 Å². The highest BCUT2D eigenvalue weighted by Gasteiger charge is 2.16. The number of carbonyl (C=O) groups is 1. The maximum absolute atomic E-state index is 12.3. The molecule has 0 aliphatic rings. The second-order valence-corrected chi connectivity index (χ2v) is 8.99. The maximum Gasteiger partial charge on any atom is 0.253 e. The van der Waals surface area contributed by atoms with E-state index in [9.17, 15) is 4.79 Å². The second-order valence-electron chi connectivity index (χ2n) is 7.01. The van der Waals surface area contributed by atoms with E-state index in [1.165, 1.54) is 4.88 Å². The molecule has 0 saturated heterocycles. The van der Waals surface area contributed by atoms with E-state index in [4.69, 9.17) is 0 Å². The molecule has 5 nitrogen and oxygen atoms in total. The number of thiophene rings is 1. The van der Waals surface area contributed by atoms with Gasteiger partial charge in [0.05, 0.1) is 0 Å². The molecular formula is C23H22N4OS2. The van der Waals surface area contributed by atoms with Crippen molar-refractivity contribution in [3.63, 3.8) is 0 Å². The van der Waals surface area contributed by atoms with Gasteiger partial charge in [-0.25, -0.2) is 0 Å². The van der Waals surface area contributed by atoms with Crippen molar-refractivity contribution in [1.29, 1.82) is 0 Å². The average Bonchev–Trinajstić information content (AvgIpc) is 3.42. The van der Waals surface area contributed by atoms with E-state index in [0.717, 1.165) is 28.7 Å². The summed E-state index contributed by atoms with van der Waals surface area (Å²) in [5.41, 5.74) is 2.82. The van der Waals surface area contributed by atoms with Crippen LogP contribution in [0.5, 0.6) is 0 Å². The standard InChI is InChI=1S/C23H22N4OS2/c1-26(2)22(28)18-9-6-8-17(14-18)16-30-23-25-24-21(15-20-12-7-13-29-20)27(23)19-10-4-3-5-11-19/h3-14H,15-16H2,1-2H3. The van der Waals surface area contributed by atoms with Crippen LogP contribution in [0.4, 0.5) is 0 Å². The third-order valence-corrected chi connectivity index (χ3v) is 6.45. The molecule has 0 fully saturated rings. The van der Waals surface area contributed by atoms with Crippen LogP contribution in [0.2, 0.25) is 0 Å². The Bertz CT molecular complexity index is 1120. The molecule has 0 bridgehead atoms. The van der Waals surface area contributed by atoms with Crippen molar-refractivity contribution in [3.8, 4) is 5.69 Å². The molecule has 0 radical (unpaired) electrons. The first kappa shape index (κ1) is 20.4. The van der Waals surface area contributed by atoms with Gasteiger partial charge in [0.15, 0.2) is 5.16 Å². The molecule has 2 aromatic heterocycles. The van der Waals surface area contributed by atoms with Crippen molar-refractivity contribution in [3.05, 3.63) is 93.9 Å². The molecule has 0 saturated carbocycles. The summed E-state index contributed by atoms with van der Waals surface area (Å²) in [7, 11) is 3.53. The molecular weight excluding hydrogens is 412 g/mol. The monoisotopic (exact) mass is 434 g/mol. The Labute approximate surface area is 184 Å². The van der Waals surface area contributed by atoms with Crippen molar-refractivity contribution >= 4 is 29.0 Å². The lowest BCUT2D eigenvalue weighted by Crippen LogP contribution is -2.21. The summed E-state index contributed by atoms with van der Waals surface area (Å²) in [6.07, 6.45) is 0.743. The SMILES string of the molecule is CN(C)C(=O)c1cccc(CSc2nnc(Cc3cccs3)n2-c2ccccc2)c1. The van der Waals surface area contributed by atoms with Crippen LogP contribution in [0, 0.1) is 0 Å². The predicted octanol–water partition coefficient (Wildman–Crippen LogP) is 4.91. The molecule has 0 unspecified atom stereocenters. The smallest absolute Gasteiger partial charge is 0.253 e. The number of hydrogen-bond donors (Lipinski definition) is 0. The van der Waals surface area contributed by atoms with Gasteiger partial charge in [-0.1, -0.05) is 48.2 Å². The van der Waals surface area contributed by atoms with E-state index in [-0.39, 0.29) is 5.91 Å². The molecule has 0 aliphatic heterocycles. The van der Waals surface area contributed by atoms with E-state index >= 15 is 0 Å². The van der Waals surface area contributed by atoms with Gasteiger partial charge in [-0.05, 0) is 41.3 Å². The third-order valence-electron chi connectivity index (χ3n) is 4.58. The van der Waals surface area contributed by atoms with E-state index in [1.54, 1.807) is 42.1 Å². The molecule has 0 N–H and O–H groups in total. The zero-order valence-electron chi connectivity index (χ0n) is 16.9. The Morgan fingerprint density at radius 1 is 1.03 bits per heavy atom. The summed E-state index contributed by atoms with van der Waals surface area (Å²) >= 11 is 3.35. The number of rotatable bonds is 7. The summed E-state index contributed by atoms with van der Waals surface area (Å²) < 4.78 is 2.12. The van der Waals surface area contributed by atoms with E-state index < -0.39 is 0 Å². The predicted molar refractivity (Wildman–Crippen MR) is 123 cm³/mol. The van der Waals surface area contributed by atoms with E-state index in [0.29, 0.717) is 11.3 Å². The molecule has 1 amide bonds. The third kappa shape index (κ3) is 4.63. The van der Waals surface area contributed by atoms with Crippen LogP contribution < -0.4 is 0 Å². The first-order valence-electron chi connectivity index (χ1n) is 9.57. The fraction of sp³-hybridized carbons (Fsp3) is 0.174. The maximum atomic E-state index is 12.3. The minimum atomic E-state index is 0.00698. The van der Waals surface area contributed by atoms with Gasteiger partial charge in [0.2, 0.25) is 0 Å². The van der Waals surface area contributed by atoms with Gasteiger partial charge in [-0.3, -0.25) is 9.36 Å². The first-order valence-corrected chi connectivity index (χ1v) is 11.4. The van der Waals surface area contributed by atoms with Gasteiger partial charge in [0, 0.05) is 42.4 Å². The normalized spacial score (nSPS) is 10.9. The topological polar surface area (TPSA) is 51.0 Å². The van der Waals surface area contributed by atoms with E-state index in [1.807, 2.05) is 42.5 Å². The van der Waals surface area contributed by atoms with Crippen LogP contribution in [0.1, 0.15) is 26.6 Å². The Hall–Kier alpha value is -2.90. The minimum Gasteiger partial charge on any atom is -0.345 e. The lowest BCUT2D eigenvalue weighted by Gasteiger charge is -2.12. The average molecular weight is 435 g/mol. The summed E-state index contributed by atoms with van der Waals surface area (Å²) in [6, 6.07) is 22.1. The molecule has 4 aromatic rings. The molecule has 0 spiro atoms. The number of benzene rings is 2. The molecule has 152 valence electrons. The van der Waals surface area contributed by atoms with Crippen LogP contribution in [0.25, 0.3) is 5.69 Å². The second kappa shape index (κ2) is 9.28. The number of para-hydroxylation sites is 1. The highest BCUT2D eigenvalue weighted by Crippen LogP contribution is 2.27. The van der Waals surface area contributed by atoms with Crippen molar-refractivity contribution < 1.29 is 4.79 Å². The van der Waals surface area contributed by atoms with Gasteiger partial charge in [-0.15, -0.1) is 21.5 Å². The molecule has 7 heteroatoms. The van der Waals surface area contributed by atoms with Gasteiger partial charge in [0.1, 0.15) is 5.82 Å². The number of carbonyl (C=O) groups excluding carboxylic acids is 1. The molecule has 30 heavy (non-hydrogen) atoms. The van der Waals surface area contributed by atoms with Gasteiger partial charge in [0.25, 0.3) is 5.91 Å². The zero-order chi connectivity index (χ0) is 20.9. The Balaban J connectivity index is 1.59. The number of hydrogen-bond acceptors (Lipinski definition) is 5. The quantitative estimate of drug-likeness (QED) is 0.388. The Morgan fingerprint density at radius 3 is 2.60 bits per heavy atom. The minimum absolute atomic E-state index is 0.00698. The van der Waals surface area contributed by atoms with Crippen LogP contribution in [0.3, 0.4) is 0 Å². The van der Waals surface area contributed by atoms with Crippen molar-refractivity contribution in [1.82, 2.24) is 19.7 Å². The summed E-state index contributed by atoms with van der Waals surface area (Å²) in [5, 5.41) is 11.9. The van der Waals surface area contributed by atoms with Crippen LogP contribution >= 0.6 is 23.1 Å². The number of aromatic nitrogens is 3. The fourth-order valence-electron chi connectivity index (χ4n) is 3.11. The summed E-state index contributed by atoms with van der Waals surface area (Å²) in [4.78, 5) is 15.1. The number of nitrogens with zero attached hydrogens (tertiary/aromatic N) is 4. The van der Waals surface area contributed by atoms with Crippen LogP contribution in [-0.2, 0) is 12.2 Å². The molecule has 0 atom stereocenters. The van der Waals surface area contributed by atoms with Gasteiger partial charge < -0.3 is 4.90 Å². The van der Waals surface area contributed by atoms with E-state index in [2.05, 4.69) is 44.4 Å². The first-order chi connectivity index (χ1) is 14.6. The highest BCUT2D eigenvalue weighted by atomic mass is 32.2. The highest BCUT2D eigenvalue weighted by molar-refractivity contribution is 7.98. The van der Waals surface area contributed by atoms with Gasteiger partial charge in [-0.2, -0.15) is 0 Å². The van der Waals surface area contributed by atoms with Crippen molar-refractivity contribution in [2.24, 2.45) is 0 Å². The lowest BCUT2D eigenvalue weighted by atomic mass is 10.1. The summed E-state index contributed by atoms with van der Waals surface area (Å²) in [5.74, 6) is 1.63. The van der Waals surface area contributed by atoms with Crippen molar-refractivity contribution in [2.75, 3.05) is 14.1 Å². The summed E-state index contributed by atoms with van der Waals surface area (Å²) in [6.45, 7) is 0. The number of amides is 1. The van der Waals surface area contributed by atoms with Crippen LogP contribution in [0.15, 0.2) is 77.3 Å². The zero-order valence-corrected chi connectivity index (χ0v) is 18.5. The molecule has 2 aromatic carbocycles. The lowest BCUT2D eigenvalue weighted by molar-refractivity contribution is 0.0827. The molecule has 0 aliphatic carbocycles. The Kier molecular flexibility index (Phi) is 6.30. The van der Waals surface area contributed by atoms with Crippen molar-refractivity contribution in [2.45, 2.75) is 17.3 Å². The fourth-order valence-corrected chi connectivity index (χ4v) is 4.73. The molecule has 4 rings (SSSR count). The molecule has 2 heterocycles. The van der Waals surface area contributed by atoms with Crippen LogP contribution in [-0.4, -0.2) is 39.7 Å². The number of thioether (sulfide) groups is 1. The largest absolute Gasteiger partial charge is 0.345 e. The Morgan fingerprint density at radius 2 is 1.87 bits per heavy atom.